The highest BCUT2D eigenvalue weighted by Gasteiger charge is 2.36. The van der Waals surface area contributed by atoms with Crippen LogP contribution < -0.4 is 9.64 Å². The first-order valence-corrected chi connectivity index (χ1v) is 9.12. The molecule has 7 heteroatoms. The van der Waals surface area contributed by atoms with Crippen molar-refractivity contribution in [3.63, 3.8) is 0 Å². The lowest BCUT2D eigenvalue weighted by Crippen LogP contribution is -2.30. The molecule has 2 atom stereocenters. The van der Waals surface area contributed by atoms with Crippen molar-refractivity contribution in [1.82, 2.24) is 19.7 Å². The molecular formula is C18H25N5O2. The molecule has 1 N–H and O–H groups in total. The van der Waals surface area contributed by atoms with Crippen molar-refractivity contribution in [2.75, 3.05) is 18.0 Å². The molecular weight excluding hydrogens is 318 g/mol. The van der Waals surface area contributed by atoms with Gasteiger partial charge in [-0.15, -0.1) is 0 Å². The maximum absolute atomic E-state index is 10.5. The van der Waals surface area contributed by atoms with E-state index in [0.717, 1.165) is 31.0 Å². The molecule has 1 aliphatic carbocycles. The third-order valence-electron chi connectivity index (χ3n) is 5.03. The van der Waals surface area contributed by atoms with Crippen molar-refractivity contribution in [1.29, 1.82) is 0 Å². The van der Waals surface area contributed by atoms with Crippen LogP contribution in [0.5, 0.6) is 5.75 Å². The second-order valence-electron chi connectivity index (χ2n) is 6.89. The van der Waals surface area contributed by atoms with Crippen LogP contribution in [0.2, 0.25) is 0 Å². The highest BCUT2D eigenvalue weighted by Crippen LogP contribution is 2.31. The number of rotatable bonds is 4. The molecule has 0 radical (unpaired) electrons. The van der Waals surface area contributed by atoms with E-state index in [1.165, 1.54) is 24.1 Å². The number of aryl methyl sites for hydroxylation is 3. The number of aliphatic hydroxyl groups excluding tert-OH is 1. The Hall–Kier alpha value is -2.15. The Morgan fingerprint density at radius 1 is 1.24 bits per heavy atom. The fraction of sp³-hybridized carbons (Fsp3) is 0.611. The summed E-state index contributed by atoms with van der Waals surface area (Å²) < 4.78 is 7.80. The summed E-state index contributed by atoms with van der Waals surface area (Å²) >= 11 is 0. The van der Waals surface area contributed by atoms with Gasteiger partial charge in [-0.05, 0) is 39.5 Å². The van der Waals surface area contributed by atoms with Gasteiger partial charge in [0.2, 0.25) is 0 Å². The lowest BCUT2D eigenvalue weighted by Gasteiger charge is -2.24. The van der Waals surface area contributed by atoms with E-state index in [9.17, 15) is 5.11 Å². The molecule has 25 heavy (non-hydrogen) atoms. The number of ether oxygens (including phenoxy) is 1. The maximum Gasteiger partial charge on any atom is 0.157 e. The Balaban J connectivity index is 1.54. The average molecular weight is 343 g/mol. The van der Waals surface area contributed by atoms with Crippen LogP contribution in [0.15, 0.2) is 12.4 Å². The van der Waals surface area contributed by atoms with E-state index in [2.05, 4.69) is 15.0 Å². The quantitative estimate of drug-likeness (QED) is 0.907. The second-order valence-corrected chi connectivity index (χ2v) is 6.89. The smallest absolute Gasteiger partial charge is 0.157 e. The van der Waals surface area contributed by atoms with Gasteiger partial charge >= 0.3 is 0 Å². The first-order valence-electron chi connectivity index (χ1n) is 9.12. The normalized spacial score (nSPS) is 22.9. The van der Waals surface area contributed by atoms with Crippen LogP contribution in [0.25, 0.3) is 0 Å². The van der Waals surface area contributed by atoms with E-state index < -0.39 is 6.10 Å². The van der Waals surface area contributed by atoms with Gasteiger partial charge in [0.25, 0.3) is 0 Å². The molecule has 0 saturated carbocycles. The number of β-amino-alcohol motifs (C(OH)–C–C–N with tert-alkyl or cyclic N) is 1. The van der Waals surface area contributed by atoms with Gasteiger partial charge in [-0.25, -0.2) is 9.97 Å². The first kappa shape index (κ1) is 16.3. The largest absolute Gasteiger partial charge is 0.482 e. The van der Waals surface area contributed by atoms with Crippen LogP contribution >= 0.6 is 0 Å². The average Bonchev–Trinajstić information content (AvgIpc) is 3.21. The summed E-state index contributed by atoms with van der Waals surface area (Å²) in [6.07, 6.45) is 7.17. The van der Waals surface area contributed by atoms with Crippen molar-refractivity contribution in [2.45, 2.75) is 58.3 Å². The Bertz CT molecular complexity index is 760. The van der Waals surface area contributed by atoms with Gasteiger partial charge in [-0.2, -0.15) is 5.10 Å². The monoisotopic (exact) mass is 343 g/mol. The summed E-state index contributed by atoms with van der Waals surface area (Å²) in [4.78, 5) is 11.5. The summed E-state index contributed by atoms with van der Waals surface area (Å²) in [7, 11) is 0. The van der Waals surface area contributed by atoms with E-state index in [4.69, 9.17) is 9.72 Å². The highest BCUT2D eigenvalue weighted by atomic mass is 16.5. The Morgan fingerprint density at radius 2 is 2.08 bits per heavy atom. The fourth-order valence-corrected chi connectivity index (χ4v) is 3.75. The van der Waals surface area contributed by atoms with Crippen molar-refractivity contribution in [3.8, 4) is 5.75 Å². The SMILES string of the molecule is CCn1cc(O[C@@H]2CN(c3nc(C)nc4c3CCCC4)C[C@H]2O)cn1. The number of hydrogen-bond donors (Lipinski definition) is 1. The number of hydrogen-bond acceptors (Lipinski definition) is 6. The molecule has 2 aliphatic rings. The lowest BCUT2D eigenvalue weighted by atomic mass is 9.96. The van der Waals surface area contributed by atoms with Crippen LogP contribution in [-0.2, 0) is 19.4 Å². The second kappa shape index (κ2) is 6.63. The van der Waals surface area contributed by atoms with E-state index in [1.807, 2.05) is 24.7 Å². The van der Waals surface area contributed by atoms with Crippen molar-refractivity contribution < 1.29 is 9.84 Å². The standard InChI is InChI=1S/C18H25N5O2/c1-3-23-9-13(8-19-23)25-17-11-22(10-16(17)24)18-14-6-4-5-7-15(14)20-12(2)21-18/h8-9,16-17,24H,3-7,10-11H2,1-2H3/t16-,17-/m1/s1. The van der Waals surface area contributed by atoms with Gasteiger partial charge in [-0.1, -0.05) is 0 Å². The Morgan fingerprint density at radius 3 is 2.88 bits per heavy atom. The number of aromatic nitrogens is 4. The minimum absolute atomic E-state index is 0.274. The van der Waals surface area contributed by atoms with E-state index >= 15 is 0 Å². The molecule has 0 spiro atoms. The van der Waals surface area contributed by atoms with Gasteiger partial charge in [0.15, 0.2) is 5.75 Å². The summed E-state index contributed by atoms with van der Waals surface area (Å²) in [5, 5.41) is 14.7. The molecule has 0 aromatic carbocycles. The lowest BCUT2D eigenvalue weighted by molar-refractivity contribution is 0.0737. The van der Waals surface area contributed by atoms with Crippen molar-refractivity contribution >= 4 is 5.82 Å². The molecule has 4 rings (SSSR count). The number of aliphatic hydroxyl groups is 1. The molecule has 3 heterocycles. The topological polar surface area (TPSA) is 76.3 Å². The number of fused-ring (bicyclic) bond motifs is 1. The zero-order chi connectivity index (χ0) is 17.4. The van der Waals surface area contributed by atoms with Gasteiger partial charge in [-0.3, -0.25) is 4.68 Å². The van der Waals surface area contributed by atoms with Crippen LogP contribution in [-0.4, -0.2) is 50.2 Å². The highest BCUT2D eigenvalue weighted by molar-refractivity contribution is 5.51. The van der Waals surface area contributed by atoms with Gasteiger partial charge in [0.1, 0.15) is 23.9 Å². The summed E-state index contributed by atoms with van der Waals surface area (Å²) in [5.74, 6) is 2.49. The molecule has 134 valence electrons. The Labute approximate surface area is 147 Å². The van der Waals surface area contributed by atoms with E-state index in [-0.39, 0.29) is 6.10 Å². The van der Waals surface area contributed by atoms with E-state index in [0.29, 0.717) is 18.8 Å². The number of nitrogens with zero attached hydrogens (tertiary/aromatic N) is 5. The Kier molecular flexibility index (Phi) is 4.33. The van der Waals surface area contributed by atoms with Gasteiger partial charge in [0.05, 0.1) is 18.9 Å². The van der Waals surface area contributed by atoms with Crippen molar-refractivity contribution in [3.05, 3.63) is 29.5 Å². The molecule has 1 fully saturated rings. The number of anilines is 1. The molecule has 0 bridgehead atoms. The molecule has 2 aromatic heterocycles. The molecule has 1 aliphatic heterocycles. The van der Waals surface area contributed by atoms with Crippen molar-refractivity contribution in [2.24, 2.45) is 0 Å². The zero-order valence-corrected chi connectivity index (χ0v) is 14.9. The molecule has 7 nitrogen and oxygen atoms in total. The molecule has 2 aromatic rings. The van der Waals surface area contributed by atoms with Crippen LogP contribution in [0.3, 0.4) is 0 Å². The molecule has 1 saturated heterocycles. The third-order valence-corrected chi connectivity index (χ3v) is 5.03. The van der Waals surface area contributed by atoms with Gasteiger partial charge in [0, 0.05) is 24.3 Å². The van der Waals surface area contributed by atoms with Gasteiger partial charge < -0.3 is 14.7 Å². The summed E-state index contributed by atoms with van der Waals surface area (Å²) in [5.41, 5.74) is 2.43. The van der Waals surface area contributed by atoms with Crippen LogP contribution in [0.1, 0.15) is 36.8 Å². The predicted molar refractivity (Wildman–Crippen MR) is 93.9 cm³/mol. The summed E-state index contributed by atoms with van der Waals surface area (Å²) in [6, 6.07) is 0. The first-order chi connectivity index (χ1) is 12.1. The molecule has 0 unspecified atom stereocenters. The third kappa shape index (κ3) is 3.20. The molecule has 0 amide bonds. The summed E-state index contributed by atoms with van der Waals surface area (Å²) in [6.45, 7) is 5.94. The van der Waals surface area contributed by atoms with E-state index in [1.54, 1.807) is 6.20 Å². The predicted octanol–water partition coefficient (Wildman–Crippen LogP) is 1.51. The van der Waals surface area contributed by atoms with Crippen LogP contribution in [0, 0.1) is 6.92 Å². The maximum atomic E-state index is 10.5. The fourth-order valence-electron chi connectivity index (χ4n) is 3.75. The minimum Gasteiger partial charge on any atom is -0.482 e. The van der Waals surface area contributed by atoms with Crippen LogP contribution in [0.4, 0.5) is 5.82 Å². The minimum atomic E-state index is -0.542. The zero-order valence-electron chi connectivity index (χ0n) is 14.9.